The first-order chi connectivity index (χ1) is 6.61. The van der Waals surface area contributed by atoms with Gasteiger partial charge < -0.3 is 25.2 Å². The van der Waals surface area contributed by atoms with E-state index in [0.29, 0.717) is 0 Å². The molecule has 1 aliphatic rings. The first kappa shape index (κ1) is 12.4. The van der Waals surface area contributed by atoms with E-state index < -0.39 is 35.5 Å². The van der Waals surface area contributed by atoms with Gasteiger partial charge in [-0.1, -0.05) is 0 Å². The molecule has 1 rings (SSSR count). The third-order valence-electron chi connectivity index (χ3n) is 3.43. The second kappa shape index (κ2) is 3.15. The van der Waals surface area contributed by atoms with Crippen molar-refractivity contribution in [3.05, 3.63) is 0 Å². The van der Waals surface area contributed by atoms with Crippen LogP contribution in [0.5, 0.6) is 0 Å². The van der Waals surface area contributed by atoms with Crippen LogP contribution in [0.1, 0.15) is 20.8 Å². The number of carbonyl (C=O) groups excluding carboxylic acids is 1. The van der Waals surface area contributed by atoms with Gasteiger partial charge in [0.05, 0.1) is 6.61 Å². The lowest BCUT2D eigenvalue weighted by Crippen LogP contribution is -2.63. The van der Waals surface area contributed by atoms with E-state index in [9.17, 15) is 20.1 Å². The van der Waals surface area contributed by atoms with E-state index in [1.54, 1.807) is 0 Å². The normalized spacial score (nSPS) is 47.8. The maximum absolute atomic E-state index is 11.3. The van der Waals surface area contributed by atoms with E-state index in [4.69, 9.17) is 9.84 Å². The van der Waals surface area contributed by atoms with Gasteiger partial charge >= 0.3 is 5.97 Å². The molecule has 1 heterocycles. The average molecular weight is 220 g/mol. The zero-order valence-electron chi connectivity index (χ0n) is 8.89. The van der Waals surface area contributed by atoms with E-state index in [1.165, 1.54) is 13.8 Å². The molecule has 1 aliphatic heterocycles. The molecule has 0 aromatic rings. The summed E-state index contributed by atoms with van der Waals surface area (Å²) in [6, 6.07) is 0. The van der Waals surface area contributed by atoms with Crippen molar-refractivity contribution < 1.29 is 30.0 Å². The molecule has 1 fully saturated rings. The minimum absolute atomic E-state index is 0.685. The summed E-state index contributed by atoms with van der Waals surface area (Å²) in [7, 11) is 0. The summed E-state index contributed by atoms with van der Waals surface area (Å²) in [5.74, 6) is -1.03. The summed E-state index contributed by atoms with van der Waals surface area (Å²) in [4.78, 5) is 11.3. The van der Waals surface area contributed by atoms with Crippen LogP contribution in [0.2, 0.25) is 0 Å². The molecule has 88 valence electrons. The Morgan fingerprint density at radius 1 is 1.33 bits per heavy atom. The molecule has 0 spiro atoms. The molecule has 15 heavy (non-hydrogen) atoms. The summed E-state index contributed by atoms with van der Waals surface area (Å²) in [5, 5.41) is 38.1. The van der Waals surface area contributed by atoms with Crippen molar-refractivity contribution in [3.8, 4) is 0 Å². The lowest BCUT2D eigenvalue weighted by atomic mass is 9.74. The van der Waals surface area contributed by atoms with Gasteiger partial charge in [-0.05, 0) is 20.8 Å². The van der Waals surface area contributed by atoms with Crippen molar-refractivity contribution >= 4 is 5.97 Å². The fraction of sp³-hybridized carbons (Fsp3) is 0.889. The molecule has 4 atom stereocenters. The monoisotopic (exact) mass is 220 g/mol. The van der Waals surface area contributed by atoms with E-state index in [0.717, 1.165) is 6.92 Å². The van der Waals surface area contributed by atoms with E-state index in [1.807, 2.05) is 0 Å². The van der Waals surface area contributed by atoms with Gasteiger partial charge in [-0.15, -0.1) is 0 Å². The van der Waals surface area contributed by atoms with Crippen molar-refractivity contribution in [2.45, 2.75) is 43.7 Å². The molecule has 0 bridgehead atoms. The fourth-order valence-electron chi connectivity index (χ4n) is 1.64. The van der Waals surface area contributed by atoms with Crippen LogP contribution >= 0.6 is 0 Å². The smallest absolute Gasteiger partial charge is 0.341 e. The molecule has 0 aromatic heterocycles. The molecule has 4 N–H and O–H groups in total. The Balaban J connectivity index is 3.21. The number of esters is 1. The van der Waals surface area contributed by atoms with Crippen LogP contribution in [-0.4, -0.2) is 55.9 Å². The lowest BCUT2D eigenvalue weighted by molar-refractivity contribution is -0.194. The maximum atomic E-state index is 11.3. The second-order valence-corrected chi connectivity index (χ2v) is 4.34. The summed E-state index contributed by atoms with van der Waals surface area (Å²) in [6.07, 6.45) is -1.47. The molecule has 0 aromatic carbocycles. The zero-order chi connectivity index (χ0) is 12.1. The highest BCUT2D eigenvalue weighted by atomic mass is 16.6. The van der Waals surface area contributed by atoms with Gasteiger partial charge in [0.1, 0.15) is 11.7 Å². The van der Waals surface area contributed by atoms with Crippen LogP contribution in [0.25, 0.3) is 0 Å². The number of rotatable bonds is 2. The predicted octanol–water partition coefficient (Wildman–Crippen LogP) is -1.84. The Kier molecular flexibility index (Phi) is 2.60. The quantitative estimate of drug-likeness (QED) is 0.407. The Bertz CT molecular complexity index is 284. The van der Waals surface area contributed by atoms with Crippen molar-refractivity contribution in [2.24, 2.45) is 0 Å². The van der Waals surface area contributed by atoms with E-state index in [-0.39, 0.29) is 0 Å². The zero-order valence-corrected chi connectivity index (χ0v) is 8.89. The van der Waals surface area contributed by atoms with Crippen molar-refractivity contribution in [1.82, 2.24) is 0 Å². The van der Waals surface area contributed by atoms with Crippen LogP contribution in [-0.2, 0) is 9.53 Å². The van der Waals surface area contributed by atoms with Crippen molar-refractivity contribution in [1.29, 1.82) is 0 Å². The SMILES string of the molecule is CC1(O)C(=O)O[C@@](C)(C(O)CO)C1(C)O. The molecule has 0 saturated carbocycles. The predicted molar refractivity (Wildman–Crippen MR) is 48.8 cm³/mol. The van der Waals surface area contributed by atoms with Crippen LogP contribution in [0.4, 0.5) is 0 Å². The third kappa shape index (κ3) is 1.29. The molecular weight excluding hydrogens is 204 g/mol. The Morgan fingerprint density at radius 2 is 1.80 bits per heavy atom. The molecular formula is C9H16O6. The minimum Gasteiger partial charge on any atom is -0.451 e. The van der Waals surface area contributed by atoms with Gasteiger partial charge in [0.25, 0.3) is 0 Å². The summed E-state index contributed by atoms with van der Waals surface area (Å²) < 4.78 is 4.78. The van der Waals surface area contributed by atoms with Gasteiger partial charge in [-0.2, -0.15) is 0 Å². The Labute approximate surface area is 87.1 Å². The first-order valence-electron chi connectivity index (χ1n) is 4.58. The number of aliphatic hydroxyl groups excluding tert-OH is 2. The molecule has 3 unspecified atom stereocenters. The van der Waals surface area contributed by atoms with Crippen molar-refractivity contribution in [3.63, 3.8) is 0 Å². The molecule has 6 heteroatoms. The highest BCUT2D eigenvalue weighted by Gasteiger charge is 2.70. The van der Waals surface area contributed by atoms with Gasteiger partial charge in [0, 0.05) is 0 Å². The van der Waals surface area contributed by atoms with Gasteiger partial charge in [-0.3, -0.25) is 0 Å². The van der Waals surface area contributed by atoms with Crippen molar-refractivity contribution in [2.75, 3.05) is 6.61 Å². The summed E-state index contributed by atoms with van der Waals surface area (Å²) in [6.45, 7) is 2.85. The largest absolute Gasteiger partial charge is 0.451 e. The van der Waals surface area contributed by atoms with E-state index in [2.05, 4.69) is 0 Å². The highest BCUT2D eigenvalue weighted by molar-refractivity contribution is 5.84. The molecule has 6 nitrogen and oxygen atoms in total. The number of hydrogen-bond donors (Lipinski definition) is 4. The Hall–Kier alpha value is -0.690. The minimum atomic E-state index is -2.11. The number of ether oxygens (including phenoxy) is 1. The summed E-state index contributed by atoms with van der Waals surface area (Å²) in [5.41, 5.74) is -5.83. The lowest BCUT2D eigenvalue weighted by Gasteiger charge is -2.40. The molecule has 0 amide bonds. The number of cyclic esters (lactones) is 1. The number of hydrogen-bond acceptors (Lipinski definition) is 6. The average Bonchev–Trinajstić information content (AvgIpc) is 2.25. The standard InChI is InChI=1S/C9H16O6/c1-7(13)6(12)15-8(2,5(11)4-10)9(7,3)14/h5,10-11,13-14H,4H2,1-3H3/t5?,7?,8-,9?/m0/s1. The topological polar surface area (TPSA) is 107 Å². The number of aliphatic hydroxyl groups is 4. The molecule has 0 radical (unpaired) electrons. The van der Waals surface area contributed by atoms with Gasteiger partial charge in [0.2, 0.25) is 0 Å². The van der Waals surface area contributed by atoms with E-state index >= 15 is 0 Å². The second-order valence-electron chi connectivity index (χ2n) is 4.34. The van der Waals surface area contributed by atoms with Crippen LogP contribution < -0.4 is 0 Å². The van der Waals surface area contributed by atoms with Gasteiger partial charge in [-0.25, -0.2) is 4.79 Å². The molecule has 0 aliphatic carbocycles. The van der Waals surface area contributed by atoms with Crippen LogP contribution in [0.3, 0.4) is 0 Å². The maximum Gasteiger partial charge on any atom is 0.341 e. The van der Waals surface area contributed by atoms with Crippen LogP contribution in [0, 0.1) is 0 Å². The molecule has 1 saturated heterocycles. The number of carbonyl (C=O) groups is 1. The first-order valence-corrected chi connectivity index (χ1v) is 4.58. The third-order valence-corrected chi connectivity index (χ3v) is 3.43. The highest BCUT2D eigenvalue weighted by Crippen LogP contribution is 2.45. The van der Waals surface area contributed by atoms with Gasteiger partial charge in [0.15, 0.2) is 11.2 Å². The summed E-state index contributed by atoms with van der Waals surface area (Å²) >= 11 is 0. The Morgan fingerprint density at radius 3 is 2.07 bits per heavy atom. The fourth-order valence-corrected chi connectivity index (χ4v) is 1.64. The van der Waals surface area contributed by atoms with Crippen LogP contribution in [0.15, 0.2) is 0 Å².